The molecule has 42 heavy (non-hydrogen) atoms. The van der Waals surface area contributed by atoms with Crippen molar-refractivity contribution in [2.75, 3.05) is 110 Å². The maximum Gasteiger partial charge on any atom is 0.235 e. The molecule has 0 radical (unpaired) electrons. The lowest BCUT2D eigenvalue weighted by molar-refractivity contribution is 0.213. The van der Waals surface area contributed by atoms with E-state index in [1.807, 2.05) is 0 Å². The number of nitrogens with zero attached hydrogens (tertiary/aromatic N) is 12. The second-order valence-electron chi connectivity index (χ2n) is 7.41. The molecular formula is C18H36N12O12. The normalized spacial score (nSPS) is 10.6. The number of aromatic nitrogens is 6. The van der Waals surface area contributed by atoms with Crippen LogP contribution >= 0.6 is 0 Å². The van der Waals surface area contributed by atoms with Crippen molar-refractivity contribution in [2.45, 2.75) is 0 Å². The highest BCUT2D eigenvalue weighted by molar-refractivity contribution is 5.46. The van der Waals surface area contributed by atoms with Gasteiger partial charge in [-0.1, -0.05) is 0 Å². The minimum absolute atomic E-state index is 0.168. The van der Waals surface area contributed by atoms with Crippen molar-refractivity contribution in [3.8, 4) is 0 Å². The second-order valence-corrected chi connectivity index (χ2v) is 7.41. The Labute approximate surface area is 237 Å². The topological polar surface area (TPSA) is 340 Å². The Morgan fingerprint density at radius 3 is 0.405 bits per heavy atom. The zero-order chi connectivity index (χ0) is 31.7. The molecular weight excluding hydrogens is 576 g/mol. The summed E-state index contributed by atoms with van der Waals surface area (Å²) in [6.45, 7) is -7.22. The minimum Gasteiger partial charge on any atom is -0.376 e. The molecule has 12 N–H and O–H groups in total. The van der Waals surface area contributed by atoms with Gasteiger partial charge in [0.15, 0.2) is 0 Å². The van der Waals surface area contributed by atoms with Gasteiger partial charge in [0, 0.05) is 0 Å². The quantitative estimate of drug-likeness (QED) is 0.0695. The van der Waals surface area contributed by atoms with E-state index in [4.69, 9.17) is 61.3 Å². The summed E-state index contributed by atoms with van der Waals surface area (Å²) in [5, 5.41) is 109. The third kappa shape index (κ3) is 9.72. The number of aliphatic hydroxyl groups excluding tert-OH is 12. The van der Waals surface area contributed by atoms with E-state index in [0.717, 1.165) is 29.4 Å². The third-order valence-corrected chi connectivity index (χ3v) is 4.95. The molecule has 0 aliphatic carbocycles. The van der Waals surface area contributed by atoms with Gasteiger partial charge in [0.2, 0.25) is 35.7 Å². The summed E-state index contributed by atoms with van der Waals surface area (Å²) in [5.74, 6) is -1.01. The van der Waals surface area contributed by atoms with E-state index < -0.39 is 80.8 Å². The Bertz CT molecular complexity index is 781. The van der Waals surface area contributed by atoms with Crippen LogP contribution in [-0.2, 0) is 0 Å². The van der Waals surface area contributed by atoms with Crippen molar-refractivity contribution in [3.05, 3.63) is 0 Å². The number of hydrogen-bond acceptors (Lipinski definition) is 24. The molecule has 0 saturated carbocycles. The van der Waals surface area contributed by atoms with Crippen LogP contribution in [0, 0.1) is 0 Å². The molecule has 0 fully saturated rings. The van der Waals surface area contributed by atoms with E-state index in [1.165, 1.54) is 0 Å². The minimum atomic E-state index is -0.601. The summed E-state index contributed by atoms with van der Waals surface area (Å²) in [6.07, 6.45) is 0. The van der Waals surface area contributed by atoms with Gasteiger partial charge in [0.05, 0.1) is 0 Å². The van der Waals surface area contributed by atoms with Crippen LogP contribution in [0.3, 0.4) is 0 Å². The number of rotatable bonds is 18. The van der Waals surface area contributed by atoms with Crippen LogP contribution in [0.25, 0.3) is 0 Å². The summed E-state index contributed by atoms with van der Waals surface area (Å²) in [6, 6.07) is 0. The smallest absolute Gasteiger partial charge is 0.235 e. The summed E-state index contributed by atoms with van der Waals surface area (Å²) in [4.78, 5) is 28.9. The predicted molar refractivity (Wildman–Crippen MR) is 140 cm³/mol. The van der Waals surface area contributed by atoms with Gasteiger partial charge in [0.25, 0.3) is 0 Å². The second kappa shape index (κ2) is 19.5. The van der Waals surface area contributed by atoms with E-state index in [0.29, 0.717) is 0 Å². The highest BCUT2D eigenvalue weighted by Crippen LogP contribution is 2.19. The number of aliphatic hydroxyl groups is 12. The molecule has 0 aromatic carbocycles. The van der Waals surface area contributed by atoms with Crippen molar-refractivity contribution < 1.29 is 61.3 Å². The Balaban J connectivity index is 0.000000420. The SMILES string of the molecule is OCN(CO)c1nc(N(CO)CO)nc(N(CO)CO)n1.OCN(CO)c1nc(N(CO)CO)nc(N(CO)CO)n1. The van der Waals surface area contributed by atoms with Gasteiger partial charge in [0.1, 0.15) is 80.8 Å². The summed E-state index contributed by atoms with van der Waals surface area (Å²) in [7, 11) is 0. The van der Waals surface area contributed by atoms with Crippen molar-refractivity contribution in [1.29, 1.82) is 0 Å². The maximum absolute atomic E-state index is 9.11. The first-order valence-corrected chi connectivity index (χ1v) is 11.6. The molecule has 0 saturated heterocycles. The fraction of sp³-hybridized carbons (Fsp3) is 0.667. The molecule has 0 unspecified atom stereocenters. The highest BCUT2D eigenvalue weighted by Gasteiger charge is 2.20. The average Bonchev–Trinajstić information content (AvgIpc) is 3.01. The third-order valence-electron chi connectivity index (χ3n) is 4.95. The van der Waals surface area contributed by atoms with E-state index >= 15 is 0 Å². The van der Waals surface area contributed by atoms with Crippen LogP contribution in [0.1, 0.15) is 0 Å². The zero-order valence-electron chi connectivity index (χ0n) is 22.2. The van der Waals surface area contributed by atoms with E-state index in [2.05, 4.69) is 29.9 Å². The van der Waals surface area contributed by atoms with E-state index in [-0.39, 0.29) is 35.7 Å². The number of anilines is 6. The lowest BCUT2D eigenvalue weighted by atomic mass is 10.6. The molecule has 2 rings (SSSR count). The molecule has 0 aliphatic rings. The highest BCUT2D eigenvalue weighted by atomic mass is 16.3. The molecule has 0 bridgehead atoms. The van der Waals surface area contributed by atoms with Gasteiger partial charge in [-0.15, -0.1) is 0 Å². The summed E-state index contributed by atoms with van der Waals surface area (Å²) < 4.78 is 0. The van der Waals surface area contributed by atoms with Crippen LogP contribution < -0.4 is 29.4 Å². The Hall–Kier alpha value is -3.66. The standard InChI is InChI=1S/2C9H18N6O6/c2*16-1-13(2-17)7-10-8(14(3-18)4-19)12-9(11-7)15(5-20)6-21/h2*16-21H,1-6H2. The lowest BCUT2D eigenvalue weighted by Gasteiger charge is -2.24. The molecule has 2 aromatic rings. The Morgan fingerprint density at radius 2 is 0.333 bits per heavy atom. The van der Waals surface area contributed by atoms with Crippen molar-refractivity contribution >= 4 is 35.7 Å². The first-order chi connectivity index (χ1) is 20.3. The van der Waals surface area contributed by atoms with Gasteiger partial charge >= 0.3 is 0 Å². The van der Waals surface area contributed by atoms with Gasteiger partial charge < -0.3 is 61.3 Å². The predicted octanol–water partition coefficient (Wildman–Crippen LogP) is -8.02. The first kappa shape index (κ1) is 36.4. The van der Waals surface area contributed by atoms with E-state index in [9.17, 15) is 0 Å². The van der Waals surface area contributed by atoms with Crippen molar-refractivity contribution in [3.63, 3.8) is 0 Å². The van der Waals surface area contributed by atoms with Crippen LogP contribution in [0.5, 0.6) is 0 Å². The maximum atomic E-state index is 9.11. The molecule has 2 aromatic heterocycles. The number of hydrogen-bond donors (Lipinski definition) is 12. The Kier molecular flexibility index (Phi) is 16.8. The molecule has 0 amide bonds. The largest absolute Gasteiger partial charge is 0.376 e. The van der Waals surface area contributed by atoms with Gasteiger partial charge in [-0.25, -0.2) is 0 Å². The van der Waals surface area contributed by atoms with Crippen LogP contribution in [0.4, 0.5) is 35.7 Å². The fourth-order valence-corrected chi connectivity index (χ4v) is 2.56. The molecule has 2 heterocycles. The van der Waals surface area contributed by atoms with Crippen molar-refractivity contribution in [1.82, 2.24) is 29.9 Å². The van der Waals surface area contributed by atoms with Gasteiger partial charge in [-0.05, 0) is 0 Å². The monoisotopic (exact) mass is 612 g/mol. The van der Waals surface area contributed by atoms with Crippen LogP contribution in [0.15, 0.2) is 0 Å². The lowest BCUT2D eigenvalue weighted by Crippen LogP contribution is -2.34. The van der Waals surface area contributed by atoms with Crippen LogP contribution in [-0.4, -0.2) is 172 Å². The fourth-order valence-electron chi connectivity index (χ4n) is 2.56. The molecule has 240 valence electrons. The molecule has 24 heteroatoms. The first-order valence-electron chi connectivity index (χ1n) is 11.6. The molecule has 0 aliphatic heterocycles. The summed E-state index contributed by atoms with van der Waals surface area (Å²) in [5.41, 5.74) is 0. The van der Waals surface area contributed by atoms with Crippen molar-refractivity contribution in [2.24, 2.45) is 0 Å². The van der Waals surface area contributed by atoms with Gasteiger partial charge in [-0.3, -0.25) is 29.4 Å². The summed E-state index contributed by atoms with van der Waals surface area (Å²) >= 11 is 0. The average molecular weight is 613 g/mol. The Morgan fingerprint density at radius 1 is 0.238 bits per heavy atom. The van der Waals surface area contributed by atoms with Gasteiger partial charge in [-0.2, -0.15) is 29.9 Å². The van der Waals surface area contributed by atoms with Crippen LogP contribution in [0.2, 0.25) is 0 Å². The molecule has 0 spiro atoms. The molecule has 24 nitrogen and oxygen atoms in total. The van der Waals surface area contributed by atoms with E-state index in [1.54, 1.807) is 0 Å². The zero-order valence-corrected chi connectivity index (χ0v) is 22.2. The molecule has 0 atom stereocenters.